The monoisotopic (exact) mass is 249 g/mol. The molecule has 0 atom stereocenters. The van der Waals surface area contributed by atoms with Gasteiger partial charge >= 0.3 is 6.01 Å². The highest BCUT2D eigenvalue weighted by atomic mass is 16.5. The average Bonchev–Trinajstić information content (AvgIpc) is 2.31. The second-order valence-electron chi connectivity index (χ2n) is 4.50. The van der Waals surface area contributed by atoms with E-state index in [1.807, 2.05) is 20.0 Å². The fourth-order valence-electron chi connectivity index (χ4n) is 1.43. The Labute approximate surface area is 109 Å². The van der Waals surface area contributed by atoms with Crippen LogP contribution in [0.25, 0.3) is 0 Å². The molecule has 1 rings (SSSR count). The Hall–Kier alpha value is -1.42. The highest BCUT2D eigenvalue weighted by Gasteiger charge is 2.03. The molecule has 4 nitrogen and oxygen atoms in total. The van der Waals surface area contributed by atoms with E-state index in [-0.39, 0.29) is 0 Å². The summed E-state index contributed by atoms with van der Waals surface area (Å²) >= 11 is 0. The van der Waals surface area contributed by atoms with Crippen LogP contribution in [0, 0.1) is 6.92 Å². The van der Waals surface area contributed by atoms with Crippen molar-refractivity contribution >= 4 is 0 Å². The van der Waals surface area contributed by atoms with E-state index in [1.54, 1.807) is 0 Å². The molecule has 1 aromatic heterocycles. The molecule has 4 heteroatoms. The van der Waals surface area contributed by atoms with Crippen LogP contribution in [0.4, 0.5) is 0 Å². The molecule has 0 fully saturated rings. The molecular formula is C14H23N3O. The lowest BCUT2D eigenvalue weighted by atomic mass is 10.2. The van der Waals surface area contributed by atoms with Gasteiger partial charge in [-0.3, -0.25) is 0 Å². The Morgan fingerprint density at radius 1 is 1.50 bits per heavy atom. The highest BCUT2D eigenvalue weighted by molar-refractivity contribution is 5.17. The zero-order valence-corrected chi connectivity index (χ0v) is 11.6. The Morgan fingerprint density at radius 2 is 2.28 bits per heavy atom. The molecular weight excluding hydrogens is 226 g/mol. The molecule has 18 heavy (non-hydrogen) atoms. The van der Waals surface area contributed by atoms with Crippen LogP contribution in [0.15, 0.2) is 18.3 Å². The van der Waals surface area contributed by atoms with Crippen molar-refractivity contribution in [3.63, 3.8) is 0 Å². The molecule has 0 saturated heterocycles. The minimum absolute atomic E-state index is 0.452. The van der Waals surface area contributed by atoms with Gasteiger partial charge in [0.25, 0.3) is 0 Å². The van der Waals surface area contributed by atoms with Crippen molar-refractivity contribution in [2.75, 3.05) is 13.2 Å². The molecule has 1 aromatic rings. The first-order valence-electron chi connectivity index (χ1n) is 6.44. The molecule has 100 valence electrons. The SMILES string of the molecule is C=C(C)CCOc1ncc(CNCCC)c(C)n1. The molecule has 0 aliphatic carbocycles. The van der Waals surface area contributed by atoms with Crippen LogP contribution in [0.3, 0.4) is 0 Å². The number of aromatic nitrogens is 2. The maximum absolute atomic E-state index is 5.47. The molecule has 0 spiro atoms. The van der Waals surface area contributed by atoms with Gasteiger partial charge in [-0.2, -0.15) is 0 Å². The Morgan fingerprint density at radius 3 is 2.89 bits per heavy atom. The summed E-state index contributed by atoms with van der Waals surface area (Å²) in [5.41, 5.74) is 3.20. The molecule has 0 aliphatic heterocycles. The van der Waals surface area contributed by atoms with E-state index in [0.29, 0.717) is 12.6 Å². The third-order valence-electron chi connectivity index (χ3n) is 2.56. The van der Waals surface area contributed by atoms with Crippen LogP contribution in [-0.4, -0.2) is 23.1 Å². The maximum Gasteiger partial charge on any atom is 0.316 e. The predicted molar refractivity (Wildman–Crippen MR) is 73.7 cm³/mol. The van der Waals surface area contributed by atoms with Gasteiger partial charge in [0.2, 0.25) is 0 Å². The van der Waals surface area contributed by atoms with E-state index in [1.165, 1.54) is 0 Å². The standard InChI is InChI=1S/C14H23N3O/c1-5-7-15-9-13-10-16-14(17-12(13)4)18-8-6-11(2)3/h10,15H,2,5-9H2,1,3-4H3. The Balaban J connectivity index is 2.48. The molecule has 1 heterocycles. The molecule has 0 saturated carbocycles. The minimum atomic E-state index is 0.452. The van der Waals surface area contributed by atoms with Gasteiger partial charge in [-0.25, -0.2) is 9.97 Å². The van der Waals surface area contributed by atoms with Crippen LogP contribution in [0.5, 0.6) is 6.01 Å². The lowest BCUT2D eigenvalue weighted by Crippen LogP contribution is -2.15. The summed E-state index contributed by atoms with van der Waals surface area (Å²) in [6, 6.07) is 0.452. The normalized spacial score (nSPS) is 10.4. The van der Waals surface area contributed by atoms with Gasteiger partial charge < -0.3 is 10.1 Å². The van der Waals surface area contributed by atoms with Crippen molar-refractivity contribution in [1.82, 2.24) is 15.3 Å². The first-order chi connectivity index (χ1) is 8.63. The van der Waals surface area contributed by atoms with Crippen molar-refractivity contribution in [2.24, 2.45) is 0 Å². The summed E-state index contributed by atoms with van der Waals surface area (Å²) in [7, 11) is 0. The van der Waals surface area contributed by atoms with Crippen LogP contribution in [0.2, 0.25) is 0 Å². The van der Waals surface area contributed by atoms with Crippen molar-refractivity contribution in [3.05, 3.63) is 29.6 Å². The zero-order valence-electron chi connectivity index (χ0n) is 11.6. The van der Waals surface area contributed by atoms with Gasteiger partial charge in [-0.1, -0.05) is 12.5 Å². The zero-order chi connectivity index (χ0) is 13.4. The molecule has 0 unspecified atom stereocenters. The molecule has 0 amide bonds. The van der Waals surface area contributed by atoms with E-state index >= 15 is 0 Å². The first-order valence-corrected chi connectivity index (χ1v) is 6.44. The third-order valence-corrected chi connectivity index (χ3v) is 2.56. The van der Waals surface area contributed by atoms with Gasteiger partial charge in [-0.05, 0) is 26.8 Å². The molecule has 0 aromatic carbocycles. The van der Waals surface area contributed by atoms with E-state index in [9.17, 15) is 0 Å². The van der Waals surface area contributed by atoms with Gasteiger partial charge in [0, 0.05) is 30.4 Å². The van der Waals surface area contributed by atoms with Crippen molar-refractivity contribution in [1.29, 1.82) is 0 Å². The molecule has 0 bridgehead atoms. The topological polar surface area (TPSA) is 47.0 Å². The van der Waals surface area contributed by atoms with Crippen molar-refractivity contribution in [3.8, 4) is 6.01 Å². The van der Waals surface area contributed by atoms with Gasteiger partial charge in [0.05, 0.1) is 6.61 Å². The maximum atomic E-state index is 5.47. The molecule has 1 N–H and O–H groups in total. The molecule has 0 radical (unpaired) electrons. The number of ether oxygens (including phenoxy) is 1. The van der Waals surface area contributed by atoms with Crippen LogP contribution < -0.4 is 10.1 Å². The number of nitrogens with zero attached hydrogens (tertiary/aromatic N) is 2. The average molecular weight is 249 g/mol. The van der Waals surface area contributed by atoms with Gasteiger partial charge in [-0.15, -0.1) is 6.58 Å². The van der Waals surface area contributed by atoms with Crippen LogP contribution in [0.1, 0.15) is 37.9 Å². The third kappa shape index (κ3) is 5.27. The van der Waals surface area contributed by atoms with Gasteiger partial charge in [0.15, 0.2) is 0 Å². The number of rotatable bonds is 8. The quantitative estimate of drug-likeness (QED) is 0.568. The van der Waals surface area contributed by atoms with E-state index in [4.69, 9.17) is 4.74 Å². The number of hydrogen-bond acceptors (Lipinski definition) is 4. The van der Waals surface area contributed by atoms with E-state index in [2.05, 4.69) is 28.8 Å². The summed E-state index contributed by atoms with van der Waals surface area (Å²) in [5, 5.41) is 3.34. The van der Waals surface area contributed by atoms with Crippen molar-refractivity contribution < 1.29 is 4.74 Å². The predicted octanol–water partition coefficient (Wildman–Crippen LogP) is 2.63. The summed E-state index contributed by atoms with van der Waals surface area (Å²) in [4.78, 5) is 8.56. The number of nitrogens with one attached hydrogen (secondary N) is 1. The molecule has 0 aliphatic rings. The lowest BCUT2D eigenvalue weighted by molar-refractivity contribution is 0.295. The summed E-state index contributed by atoms with van der Waals surface area (Å²) < 4.78 is 5.47. The second kappa shape index (κ2) is 7.82. The van der Waals surface area contributed by atoms with Gasteiger partial charge in [0.1, 0.15) is 0 Å². The smallest absolute Gasteiger partial charge is 0.316 e. The number of hydrogen-bond donors (Lipinski definition) is 1. The largest absolute Gasteiger partial charge is 0.463 e. The number of aryl methyl sites for hydroxylation is 1. The van der Waals surface area contributed by atoms with Crippen LogP contribution >= 0.6 is 0 Å². The van der Waals surface area contributed by atoms with E-state index in [0.717, 1.165) is 42.8 Å². The second-order valence-corrected chi connectivity index (χ2v) is 4.50. The summed E-state index contributed by atoms with van der Waals surface area (Å²) in [5.74, 6) is 0. The fraction of sp³-hybridized carbons (Fsp3) is 0.571. The van der Waals surface area contributed by atoms with Crippen molar-refractivity contribution in [2.45, 2.75) is 40.2 Å². The Bertz CT molecular complexity index is 391. The Kier molecular flexibility index (Phi) is 6.36. The highest BCUT2D eigenvalue weighted by Crippen LogP contribution is 2.09. The minimum Gasteiger partial charge on any atom is -0.463 e. The summed E-state index contributed by atoms with van der Waals surface area (Å²) in [6.07, 6.45) is 3.80. The lowest BCUT2D eigenvalue weighted by Gasteiger charge is -2.08. The summed E-state index contributed by atoms with van der Waals surface area (Å²) in [6.45, 7) is 12.4. The van der Waals surface area contributed by atoms with Crippen LogP contribution in [-0.2, 0) is 6.54 Å². The fourth-order valence-corrected chi connectivity index (χ4v) is 1.43. The first kappa shape index (κ1) is 14.6. The van der Waals surface area contributed by atoms with E-state index < -0.39 is 0 Å².